The Morgan fingerprint density at radius 1 is 0.484 bits per heavy atom. The zero-order valence-electron chi connectivity index (χ0n) is 22.1. The van der Waals surface area contributed by atoms with Crippen LogP contribution in [-0.2, 0) is 9.22 Å². The van der Waals surface area contributed by atoms with Crippen molar-refractivity contribution in [2.45, 2.75) is 174 Å². The van der Waals surface area contributed by atoms with Gasteiger partial charge in [0.25, 0.3) is 5.97 Å². The second-order valence-electron chi connectivity index (χ2n) is 10.8. The fourth-order valence-electron chi connectivity index (χ4n) is 4.27. The molecule has 0 atom stereocenters. The summed E-state index contributed by atoms with van der Waals surface area (Å²) in [6.07, 6.45) is 31.4. The molecule has 3 heteroatoms. The molecular weight excluding hydrogens is 396 g/mol. The molecule has 0 aromatic heterocycles. The monoisotopic (exact) mass is 454 g/mol. The highest BCUT2D eigenvalue weighted by molar-refractivity contribution is 6.71. The lowest BCUT2D eigenvalue weighted by Gasteiger charge is -2.17. The van der Waals surface area contributed by atoms with Crippen molar-refractivity contribution in [3.8, 4) is 0 Å². The smallest absolute Gasteiger partial charge is 0.292 e. The van der Waals surface area contributed by atoms with Crippen molar-refractivity contribution in [2.24, 2.45) is 0 Å². The third kappa shape index (κ3) is 27.7. The van der Waals surface area contributed by atoms with Gasteiger partial charge in [-0.3, -0.25) is 4.79 Å². The Kier molecular flexibility index (Phi) is 22.6. The molecule has 186 valence electrons. The molecule has 0 fully saturated rings. The lowest BCUT2D eigenvalue weighted by Crippen LogP contribution is -2.28. The van der Waals surface area contributed by atoms with E-state index in [0.717, 1.165) is 6.42 Å². The molecule has 0 aliphatic rings. The van der Waals surface area contributed by atoms with E-state index in [4.69, 9.17) is 4.43 Å². The summed E-state index contributed by atoms with van der Waals surface area (Å²) >= 11 is 0. The quantitative estimate of drug-likeness (QED) is 0.107. The van der Waals surface area contributed by atoms with E-state index in [0.29, 0.717) is 6.42 Å². The number of hydrogen-bond acceptors (Lipinski definition) is 2. The molecule has 0 unspecified atom stereocenters. The van der Waals surface area contributed by atoms with E-state index in [1.165, 1.54) is 135 Å². The van der Waals surface area contributed by atoms with Gasteiger partial charge in [0.2, 0.25) is 8.32 Å². The maximum atomic E-state index is 11.7. The third-order valence-electron chi connectivity index (χ3n) is 6.15. The molecule has 0 aliphatic carbocycles. The fraction of sp³-hybridized carbons (Fsp3) is 0.964. The van der Waals surface area contributed by atoms with Crippen LogP contribution in [0.4, 0.5) is 0 Å². The van der Waals surface area contributed by atoms with Gasteiger partial charge in [-0.1, -0.05) is 142 Å². The van der Waals surface area contributed by atoms with Gasteiger partial charge >= 0.3 is 0 Å². The lowest BCUT2D eigenvalue weighted by atomic mass is 10.0. The summed E-state index contributed by atoms with van der Waals surface area (Å²) in [5, 5.41) is 0. The number of hydrogen-bond donors (Lipinski definition) is 0. The van der Waals surface area contributed by atoms with Crippen LogP contribution in [0.15, 0.2) is 0 Å². The summed E-state index contributed by atoms with van der Waals surface area (Å²) in [4.78, 5) is 11.7. The van der Waals surface area contributed by atoms with Gasteiger partial charge in [-0.05, 0) is 26.1 Å². The molecule has 0 aromatic carbocycles. The number of rotatable bonds is 24. The third-order valence-corrected chi connectivity index (χ3v) is 6.99. The summed E-state index contributed by atoms with van der Waals surface area (Å²) in [6, 6.07) is 0. The Bertz CT molecular complexity index is 376. The molecule has 0 rings (SSSR count). The Balaban J connectivity index is 3.10. The van der Waals surface area contributed by atoms with Crippen LogP contribution in [0.3, 0.4) is 0 Å². The molecule has 0 saturated heterocycles. The average molecular weight is 455 g/mol. The van der Waals surface area contributed by atoms with E-state index >= 15 is 0 Å². The average Bonchev–Trinajstić information content (AvgIpc) is 2.70. The van der Waals surface area contributed by atoms with Crippen LogP contribution >= 0.6 is 0 Å². The van der Waals surface area contributed by atoms with Crippen LogP contribution < -0.4 is 0 Å². The zero-order valence-corrected chi connectivity index (χ0v) is 23.1. The molecule has 0 amide bonds. The van der Waals surface area contributed by atoms with Crippen LogP contribution in [0, 0.1) is 0 Å². The Hall–Kier alpha value is -0.313. The summed E-state index contributed by atoms with van der Waals surface area (Å²) in [7, 11) is -1.69. The second kappa shape index (κ2) is 22.9. The van der Waals surface area contributed by atoms with Gasteiger partial charge in [-0.2, -0.15) is 0 Å². The van der Waals surface area contributed by atoms with Gasteiger partial charge in [0.1, 0.15) is 0 Å². The first-order valence-corrected chi connectivity index (χ1v) is 17.6. The first kappa shape index (κ1) is 30.7. The topological polar surface area (TPSA) is 26.3 Å². The minimum atomic E-state index is -1.69. The number of carbonyl (C=O) groups is 1. The van der Waals surface area contributed by atoms with E-state index in [9.17, 15) is 4.79 Å². The molecule has 0 heterocycles. The van der Waals surface area contributed by atoms with Crippen LogP contribution in [0.5, 0.6) is 0 Å². The van der Waals surface area contributed by atoms with E-state index in [2.05, 4.69) is 26.6 Å². The van der Waals surface area contributed by atoms with Crippen molar-refractivity contribution < 1.29 is 9.22 Å². The van der Waals surface area contributed by atoms with E-state index in [1.807, 2.05) is 0 Å². The maximum Gasteiger partial charge on any atom is 0.292 e. The Morgan fingerprint density at radius 2 is 0.742 bits per heavy atom. The van der Waals surface area contributed by atoms with Crippen LogP contribution in [-0.4, -0.2) is 14.3 Å². The highest BCUT2D eigenvalue weighted by Crippen LogP contribution is 2.15. The summed E-state index contributed by atoms with van der Waals surface area (Å²) in [5.41, 5.74) is 0. The molecule has 0 bridgehead atoms. The van der Waals surface area contributed by atoms with Crippen molar-refractivity contribution in [3.05, 3.63) is 0 Å². The SMILES string of the molecule is CCCCCCCCCCCCCCCCCCCCCCCCC(=O)O[Si](C)(C)C. The molecular formula is C28H58O2Si. The molecule has 0 aliphatic heterocycles. The molecule has 0 aromatic rings. The van der Waals surface area contributed by atoms with E-state index < -0.39 is 8.32 Å². The fourth-order valence-corrected chi connectivity index (χ4v) is 5.06. The van der Waals surface area contributed by atoms with Gasteiger partial charge in [0, 0.05) is 6.42 Å². The highest BCUT2D eigenvalue weighted by atomic mass is 28.4. The standard InChI is InChI=1S/C28H58O2Si/c1-5-6-7-8-9-10-11-12-13-14-15-16-17-18-19-20-21-22-23-24-25-26-27-28(29)30-31(2,3)4/h5-27H2,1-4H3. The second-order valence-corrected chi connectivity index (χ2v) is 15.2. The minimum Gasteiger partial charge on any atom is -0.520 e. The summed E-state index contributed by atoms with van der Waals surface area (Å²) < 4.78 is 5.48. The Labute approximate surface area is 197 Å². The zero-order chi connectivity index (χ0) is 23.0. The molecule has 0 radical (unpaired) electrons. The molecule has 2 nitrogen and oxygen atoms in total. The lowest BCUT2D eigenvalue weighted by molar-refractivity contribution is -0.135. The molecule has 31 heavy (non-hydrogen) atoms. The first-order valence-electron chi connectivity index (χ1n) is 14.2. The predicted molar refractivity (Wildman–Crippen MR) is 141 cm³/mol. The van der Waals surface area contributed by atoms with Crippen molar-refractivity contribution in [2.75, 3.05) is 0 Å². The van der Waals surface area contributed by atoms with Gasteiger partial charge < -0.3 is 4.43 Å². The van der Waals surface area contributed by atoms with Crippen molar-refractivity contribution in [1.29, 1.82) is 0 Å². The molecule has 0 saturated carbocycles. The van der Waals surface area contributed by atoms with E-state index in [-0.39, 0.29) is 5.97 Å². The largest absolute Gasteiger partial charge is 0.520 e. The van der Waals surface area contributed by atoms with Gasteiger partial charge in [0.15, 0.2) is 0 Å². The minimum absolute atomic E-state index is 0.0207. The summed E-state index contributed by atoms with van der Waals surface area (Å²) in [6.45, 7) is 8.51. The normalized spacial score (nSPS) is 11.7. The maximum absolute atomic E-state index is 11.7. The molecule has 0 spiro atoms. The van der Waals surface area contributed by atoms with Gasteiger partial charge in [-0.15, -0.1) is 0 Å². The first-order chi connectivity index (χ1) is 15.0. The molecule has 0 N–H and O–H groups in total. The van der Waals surface area contributed by atoms with Crippen LogP contribution in [0.2, 0.25) is 19.6 Å². The van der Waals surface area contributed by atoms with Crippen molar-refractivity contribution in [3.63, 3.8) is 0 Å². The van der Waals surface area contributed by atoms with E-state index in [1.54, 1.807) is 0 Å². The van der Waals surface area contributed by atoms with Gasteiger partial charge in [0.05, 0.1) is 0 Å². The number of unbranched alkanes of at least 4 members (excludes halogenated alkanes) is 21. The Morgan fingerprint density at radius 3 is 1.00 bits per heavy atom. The van der Waals surface area contributed by atoms with Crippen LogP contribution in [0.25, 0.3) is 0 Å². The van der Waals surface area contributed by atoms with Crippen molar-refractivity contribution in [1.82, 2.24) is 0 Å². The predicted octanol–water partition coefficient (Wildman–Crippen LogP) is 10.4. The van der Waals surface area contributed by atoms with Crippen LogP contribution in [0.1, 0.15) is 155 Å². The number of carbonyl (C=O) groups excluding carboxylic acids is 1. The highest BCUT2D eigenvalue weighted by Gasteiger charge is 2.19. The van der Waals surface area contributed by atoms with Crippen molar-refractivity contribution >= 4 is 14.3 Å². The summed E-state index contributed by atoms with van der Waals surface area (Å²) in [5.74, 6) is 0.0207. The van der Waals surface area contributed by atoms with Gasteiger partial charge in [-0.25, -0.2) is 0 Å².